The van der Waals surface area contributed by atoms with Crippen LogP contribution in [0.15, 0.2) is 95.7 Å². The Morgan fingerprint density at radius 2 is 1.67 bits per heavy atom. The minimum absolute atomic E-state index is 0.315. The minimum Gasteiger partial charge on any atom is -0.438 e. The summed E-state index contributed by atoms with van der Waals surface area (Å²) in [6, 6.07) is 26.0. The fraction of sp³-hybridized carbons (Fsp3) is 0.0714. The lowest BCUT2D eigenvalue weighted by Gasteiger charge is -2.10. The van der Waals surface area contributed by atoms with Gasteiger partial charge in [0, 0.05) is 16.3 Å². The van der Waals surface area contributed by atoms with E-state index in [0.29, 0.717) is 11.3 Å². The third-order valence-corrected chi connectivity index (χ3v) is 6.14. The zero-order valence-corrected chi connectivity index (χ0v) is 18.3. The van der Waals surface area contributed by atoms with E-state index >= 15 is 0 Å². The quantitative estimate of drug-likeness (QED) is 0.239. The van der Waals surface area contributed by atoms with Crippen molar-refractivity contribution in [3.05, 3.63) is 103 Å². The first-order valence-corrected chi connectivity index (χ1v) is 10.8. The summed E-state index contributed by atoms with van der Waals surface area (Å²) in [7, 11) is 2.04. The molecule has 160 valence electrons. The Kier molecular flexibility index (Phi) is 4.37. The van der Waals surface area contributed by atoms with Gasteiger partial charge in [0.1, 0.15) is 23.7 Å². The van der Waals surface area contributed by atoms with E-state index in [1.165, 1.54) is 6.07 Å². The van der Waals surface area contributed by atoms with Gasteiger partial charge in [-0.3, -0.25) is 0 Å². The van der Waals surface area contributed by atoms with Crippen molar-refractivity contribution in [1.82, 2.24) is 9.55 Å². The molecular formula is C28H21FN3O+. The molecule has 0 aliphatic carbocycles. The lowest BCUT2D eigenvalue weighted by Crippen LogP contribution is -2.29. The number of fused-ring (bicyclic) bond motifs is 3. The molecule has 6 aromatic rings. The first-order chi connectivity index (χ1) is 16.1. The zero-order valence-electron chi connectivity index (χ0n) is 18.3. The van der Waals surface area contributed by atoms with Crippen molar-refractivity contribution in [3.63, 3.8) is 0 Å². The highest BCUT2D eigenvalue weighted by molar-refractivity contribution is 6.05. The molecule has 3 aromatic heterocycles. The SMILES string of the molecule is Cc1cc2c(cc1-c1n(-c3ccccc3-c3ccccc3)cc[n+]1C)oc1nc(F)ccc12. The number of aryl methyl sites for hydroxylation is 2. The Hall–Kier alpha value is -4.25. The highest BCUT2D eigenvalue weighted by atomic mass is 19.1. The summed E-state index contributed by atoms with van der Waals surface area (Å²) in [5.74, 6) is 0.480. The van der Waals surface area contributed by atoms with Crippen molar-refractivity contribution in [3.8, 4) is 28.2 Å². The van der Waals surface area contributed by atoms with Crippen LogP contribution in [0.4, 0.5) is 4.39 Å². The molecule has 5 heteroatoms. The molecule has 0 aliphatic rings. The molecule has 33 heavy (non-hydrogen) atoms. The predicted octanol–water partition coefficient (Wildman–Crippen LogP) is 6.38. The van der Waals surface area contributed by atoms with Crippen LogP contribution in [0.5, 0.6) is 0 Å². The fourth-order valence-electron chi connectivity index (χ4n) is 4.57. The molecule has 6 rings (SSSR count). The standard InChI is InChI=1S/C28H21FN3O/c1-18-16-23-21-12-13-26(29)30-27(21)33-25(23)17-22(18)28-31(2)14-15-32(28)24-11-7-6-10-20(24)19-8-4-3-5-9-19/h3-17H,1-2H3/q+1. The number of para-hydroxylation sites is 1. The molecule has 0 saturated carbocycles. The van der Waals surface area contributed by atoms with Gasteiger partial charge in [-0.25, -0.2) is 4.57 Å². The van der Waals surface area contributed by atoms with Crippen LogP contribution >= 0.6 is 0 Å². The maximum atomic E-state index is 13.6. The van der Waals surface area contributed by atoms with Gasteiger partial charge in [-0.05, 0) is 48.4 Å². The van der Waals surface area contributed by atoms with E-state index in [1.54, 1.807) is 6.07 Å². The predicted molar refractivity (Wildman–Crippen MR) is 128 cm³/mol. The summed E-state index contributed by atoms with van der Waals surface area (Å²) >= 11 is 0. The minimum atomic E-state index is -0.545. The monoisotopic (exact) mass is 434 g/mol. The van der Waals surface area contributed by atoms with Gasteiger partial charge in [-0.2, -0.15) is 13.9 Å². The maximum Gasteiger partial charge on any atom is 0.294 e. The number of hydrogen-bond donors (Lipinski definition) is 0. The van der Waals surface area contributed by atoms with Gasteiger partial charge >= 0.3 is 0 Å². The third-order valence-electron chi connectivity index (χ3n) is 6.14. The lowest BCUT2D eigenvalue weighted by molar-refractivity contribution is -0.659. The van der Waals surface area contributed by atoms with E-state index in [9.17, 15) is 4.39 Å². The lowest BCUT2D eigenvalue weighted by atomic mass is 10.0. The van der Waals surface area contributed by atoms with E-state index in [1.807, 2.05) is 19.2 Å². The number of furan rings is 1. The summed E-state index contributed by atoms with van der Waals surface area (Å²) < 4.78 is 23.9. The van der Waals surface area contributed by atoms with E-state index in [2.05, 4.69) is 88.0 Å². The van der Waals surface area contributed by atoms with E-state index in [4.69, 9.17) is 4.42 Å². The molecular weight excluding hydrogens is 413 g/mol. The Bertz CT molecular complexity index is 1650. The van der Waals surface area contributed by atoms with E-state index in [0.717, 1.165) is 44.5 Å². The van der Waals surface area contributed by atoms with Gasteiger partial charge in [0.05, 0.1) is 12.6 Å². The second-order valence-electron chi connectivity index (χ2n) is 8.24. The fourth-order valence-corrected chi connectivity index (χ4v) is 4.57. The molecule has 0 atom stereocenters. The Balaban J connectivity index is 1.59. The largest absolute Gasteiger partial charge is 0.438 e. The summed E-state index contributed by atoms with van der Waals surface area (Å²) in [6.45, 7) is 2.09. The average Bonchev–Trinajstić information content (AvgIpc) is 3.38. The average molecular weight is 434 g/mol. The summed E-state index contributed by atoms with van der Waals surface area (Å²) in [4.78, 5) is 3.92. The summed E-state index contributed by atoms with van der Waals surface area (Å²) in [6.07, 6.45) is 4.13. The number of halogens is 1. The number of imidazole rings is 1. The smallest absolute Gasteiger partial charge is 0.294 e. The molecule has 4 nitrogen and oxygen atoms in total. The highest BCUT2D eigenvalue weighted by Gasteiger charge is 2.24. The Labute approximate surface area is 190 Å². The molecule has 3 aromatic carbocycles. The number of hydrogen-bond acceptors (Lipinski definition) is 2. The Morgan fingerprint density at radius 1 is 0.879 bits per heavy atom. The maximum absolute atomic E-state index is 13.6. The normalized spacial score (nSPS) is 11.5. The van der Waals surface area contributed by atoms with E-state index < -0.39 is 5.95 Å². The molecule has 0 radical (unpaired) electrons. The third kappa shape index (κ3) is 3.12. The molecule has 0 fully saturated rings. The van der Waals surface area contributed by atoms with Crippen molar-refractivity contribution in [2.75, 3.05) is 0 Å². The van der Waals surface area contributed by atoms with Crippen LogP contribution in [0.3, 0.4) is 0 Å². The van der Waals surface area contributed by atoms with Gasteiger partial charge in [-0.1, -0.05) is 48.5 Å². The number of aromatic nitrogens is 3. The van der Waals surface area contributed by atoms with Crippen LogP contribution in [0, 0.1) is 12.9 Å². The van der Waals surface area contributed by atoms with Gasteiger partial charge in [0.15, 0.2) is 0 Å². The van der Waals surface area contributed by atoms with E-state index in [-0.39, 0.29) is 0 Å². The van der Waals surface area contributed by atoms with Crippen molar-refractivity contribution in [2.24, 2.45) is 7.05 Å². The van der Waals surface area contributed by atoms with Crippen LogP contribution in [-0.2, 0) is 7.05 Å². The van der Waals surface area contributed by atoms with Crippen LogP contribution in [0.25, 0.3) is 50.3 Å². The van der Waals surface area contributed by atoms with Gasteiger partial charge in [0.2, 0.25) is 11.7 Å². The molecule has 0 bridgehead atoms. The molecule has 0 amide bonds. The molecule has 0 saturated heterocycles. The number of nitrogens with zero attached hydrogens (tertiary/aromatic N) is 3. The molecule has 0 unspecified atom stereocenters. The summed E-state index contributed by atoms with van der Waals surface area (Å²) in [5, 5.41) is 1.75. The van der Waals surface area contributed by atoms with Crippen LogP contribution in [-0.4, -0.2) is 9.55 Å². The van der Waals surface area contributed by atoms with Crippen LogP contribution in [0.1, 0.15) is 5.56 Å². The van der Waals surface area contributed by atoms with Gasteiger partial charge < -0.3 is 4.42 Å². The van der Waals surface area contributed by atoms with Crippen LogP contribution in [0.2, 0.25) is 0 Å². The topological polar surface area (TPSA) is 34.8 Å². The van der Waals surface area contributed by atoms with Gasteiger partial charge in [-0.15, -0.1) is 0 Å². The van der Waals surface area contributed by atoms with Crippen molar-refractivity contribution in [2.45, 2.75) is 6.92 Å². The highest BCUT2D eigenvalue weighted by Crippen LogP contribution is 2.35. The second-order valence-corrected chi connectivity index (χ2v) is 8.24. The molecule has 3 heterocycles. The second kappa shape index (κ2) is 7.41. The molecule has 0 spiro atoms. The zero-order chi connectivity index (χ0) is 22.5. The molecule has 0 aliphatic heterocycles. The molecule has 0 N–H and O–H groups in total. The number of rotatable bonds is 3. The van der Waals surface area contributed by atoms with Gasteiger partial charge in [0.25, 0.3) is 5.82 Å². The van der Waals surface area contributed by atoms with Crippen molar-refractivity contribution >= 4 is 22.1 Å². The summed E-state index contributed by atoms with van der Waals surface area (Å²) in [5.41, 5.74) is 6.54. The van der Waals surface area contributed by atoms with Crippen LogP contribution < -0.4 is 4.57 Å². The number of benzene rings is 3. The number of pyridine rings is 1. The first kappa shape index (κ1) is 19.4. The van der Waals surface area contributed by atoms with Crippen molar-refractivity contribution < 1.29 is 13.4 Å². The van der Waals surface area contributed by atoms with Crippen molar-refractivity contribution in [1.29, 1.82) is 0 Å². The first-order valence-electron chi connectivity index (χ1n) is 10.8. The Morgan fingerprint density at radius 3 is 2.52 bits per heavy atom.